The topological polar surface area (TPSA) is 443 Å². The zero-order valence-corrected chi connectivity index (χ0v) is 80.3. The van der Waals surface area contributed by atoms with Crippen molar-refractivity contribution in [2.24, 2.45) is 22.7 Å². The molecule has 0 radical (unpaired) electrons. The zero-order valence-electron chi connectivity index (χ0n) is 77.8. The largest absolute Gasteiger partial charge is 0.497 e. The van der Waals surface area contributed by atoms with Crippen LogP contribution < -0.4 is 61.5 Å². The predicted molar refractivity (Wildman–Crippen MR) is 507 cm³/mol. The van der Waals surface area contributed by atoms with Gasteiger partial charge in [0.25, 0.3) is 11.8 Å². The fourth-order valence-electron chi connectivity index (χ4n) is 19.0. The molecule has 8 aliphatic rings. The van der Waals surface area contributed by atoms with Crippen LogP contribution in [0.3, 0.4) is 0 Å². The molecular weight excluding hydrogens is 1770 g/mol. The number of urea groups is 2. The van der Waals surface area contributed by atoms with E-state index in [-0.39, 0.29) is 87.2 Å². The first-order valence-electron chi connectivity index (χ1n) is 46.5. The van der Waals surface area contributed by atoms with Crippen molar-refractivity contribution < 1.29 is 85.5 Å². The number of rotatable bonds is 22. The van der Waals surface area contributed by atoms with Crippen LogP contribution in [0, 0.1) is 22.7 Å². The summed E-state index contributed by atoms with van der Waals surface area (Å²) in [5, 5.41) is 51.7. The number of carboxylic acid groups (broad SMARTS) is 2. The minimum absolute atomic E-state index is 0.00289. The Morgan fingerprint density at radius 3 is 1.35 bits per heavy atom. The number of ether oxygens (including phenoxy) is 4. The van der Waals surface area contributed by atoms with E-state index in [9.17, 15) is 57.0 Å². The Morgan fingerprint density at radius 2 is 0.940 bits per heavy atom. The lowest BCUT2D eigenvalue weighted by Gasteiger charge is -2.35. The van der Waals surface area contributed by atoms with Gasteiger partial charge in [0.05, 0.1) is 78.3 Å². The number of nitrogens with one attached hydrogen (secondary N) is 8. The maximum atomic E-state index is 15.0. The van der Waals surface area contributed by atoms with Crippen molar-refractivity contribution in [2.45, 2.75) is 268 Å². The number of fused-ring (bicyclic) bond motifs is 8. The normalized spacial score (nSPS) is 24.4. The molecule has 2 saturated carbocycles. The number of hydrogen-bond donors (Lipinski definition) is 10. The monoisotopic (exact) mass is 1890 g/mol. The van der Waals surface area contributed by atoms with Gasteiger partial charge in [-0.2, -0.15) is 4.31 Å². The fourth-order valence-corrected chi connectivity index (χ4v) is 22.3. The number of pyridine rings is 2. The molecule has 4 aromatic heterocycles. The third kappa shape index (κ3) is 21.4. The molecular formula is C97H122N16O18S3. The van der Waals surface area contributed by atoms with Crippen molar-refractivity contribution in [3.8, 4) is 45.8 Å². The highest BCUT2D eigenvalue weighted by Gasteiger charge is 2.64. The number of imide groups is 1. The number of amides is 10. The summed E-state index contributed by atoms with van der Waals surface area (Å²) < 4.78 is 53.1. The lowest BCUT2D eigenvalue weighted by molar-refractivity contribution is -0.146. The number of anilines is 2. The van der Waals surface area contributed by atoms with E-state index >= 15 is 9.59 Å². The Labute approximate surface area is 787 Å². The van der Waals surface area contributed by atoms with Crippen LogP contribution in [0.4, 0.5) is 19.9 Å². The van der Waals surface area contributed by atoms with Crippen LogP contribution in [0.5, 0.6) is 23.0 Å². The van der Waals surface area contributed by atoms with Crippen molar-refractivity contribution >= 4 is 124 Å². The molecule has 2 unspecified atom stereocenters. The van der Waals surface area contributed by atoms with E-state index in [4.69, 9.17) is 38.9 Å². The standard InChI is InChI=1S/C49H60N8O9S.C48H62N8O9S2/c1-27(2)50-47-53-37(26-67-47)36-22-39(33-19-18-29(65-6)20-35(33)51-36)66-30-21-38-41(58)55-49(45(62)63)23-28(49)14-10-8-7-9-11-17-34(44(61)56(38)24-30)52-46(64)54-40(48(3,4)5)25-57-42(59)31-15-12-13-16-32(31)43(57)60;1-28(2)49-46-52-37(27-66-46)36-22-39(33-19-18-31(64-6)20-35(33)50-36)65-32-21-38-42(57)54-48(44(59)60)23-30(48)15-10-8-7-9-11-16-34(43(58)56(38)25-32)51-45(61)53-41(47(3,4)5)26-55-24-29-14-12-13-17-40(29)67(55,62)63/h12-13,15-16,18-20,22,26-28,30,34,38,40H,7-11,14,17,21,23-25H2,1-6H3,(H,50,53)(H,55,58)(H,62,63)(H2,52,54,64);12-14,17-20,22,27-28,30,32,34,38,41H,7-11,15-16,21,23-26H2,1-6H3,(H,49,52)(H,54,57)(H,59,60)(H2,51,53,61)/t28?,30-,34+,38+,40-,49-;30?,32-,34+,38+,41-,48-/m11/s1. The summed E-state index contributed by atoms with van der Waals surface area (Å²) in [7, 11) is -0.654. The molecule has 10 heterocycles. The lowest BCUT2D eigenvalue weighted by atomic mass is 9.86. The Morgan fingerprint density at radius 1 is 0.530 bits per heavy atom. The number of carbonyl (C=O) groups is 10. The third-order valence-corrected chi connectivity index (χ3v) is 30.3. The Kier molecular flexibility index (Phi) is 28.9. The molecule has 8 aromatic rings. The van der Waals surface area contributed by atoms with Gasteiger partial charge >= 0.3 is 24.0 Å². The zero-order chi connectivity index (χ0) is 95.6. The number of thiazole rings is 2. The van der Waals surface area contributed by atoms with Gasteiger partial charge in [0, 0.05) is 89.9 Å². The van der Waals surface area contributed by atoms with Crippen molar-refractivity contribution in [3.05, 3.63) is 125 Å². The van der Waals surface area contributed by atoms with Gasteiger partial charge in [-0.05, 0) is 137 Å². The smallest absolute Gasteiger partial charge is 0.329 e. The van der Waals surface area contributed by atoms with Gasteiger partial charge in [0.2, 0.25) is 33.7 Å². The Bertz CT molecular complexity index is 5610. The number of carbonyl (C=O) groups excluding carboxylic acids is 8. The summed E-state index contributed by atoms with van der Waals surface area (Å²) in [6.07, 6.45) is 8.90. The number of aromatic nitrogens is 4. The average molecular weight is 1900 g/mol. The second kappa shape index (κ2) is 40.0. The SMILES string of the molecule is COc1ccc2c(O[C@@H]3C[C@H]4C(=O)N[C@]5(C(=O)O)CC5CCCCCCC[C@H](NC(=O)N[C@H](CN5C(=O)c6ccccc6C5=O)C(C)(C)C)C(=O)N4C3)cc(-c3csc(NC(C)C)n3)nc2c1.COc1ccc2c(O[C@@H]3C[C@H]4C(=O)N[C@]5(C(=O)O)CC5CCCCCCC[C@H](NC(=O)N[C@H](CN5Cc6ccccc6S5(=O)=O)C(C)(C)C)C(=O)N4C3)cc(-c3csc(NC(C)C)n3)nc2c1. The van der Waals surface area contributed by atoms with E-state index in [1.807, 2.05) is 92.1 Å². The number of benzene rings is 4. The van der Waals surface area contributed by atoms with Crippen LogP contribution >= 0.6 is 22.7 Å². The molecule has 37 heteroatoms. The summed E-state index contributed by atoms with van der Waals surface area (Å²) in [5.41, 5.74) is 0.700. The van der Waals surface area contributed by atoms with Crippen LogP contribution in [0.2, 0.25) is 0 Å². The maximum absolute atomic E-state index is 15.0. The molecule has 6 fully saturated rings. The second-order valence-electron chi connectivity index (χ2n) is 39.3. The molecule has 0 bridgehead atoms. The predicted octanol–water partition coefficient (Wildman–Crippen LogP) is 13.1. The number of aliphatic carboxylic acids is 2. The van der Waals surface area contributed by atoms with Crippen molar-refractivity contribution in [2.75, 3.05) is 51.0 Å². The van der Waals surface area contributed by atoms with Gasteiger partial charge in [-0.1, -0.05) is 136 Å². The molecule has 16 rings (SSSR count). The Balaban J connectivity index is 0.000000204. The van der Waals surface area contributed by atoms with Gasteiger partial charge in [0.15, 0.2) is 10.3 Å². The number of methoxy groups -OCH3 is 2. The van der Waals surface area contributed by atoms with Crippen molar-refractivity contribution in [1.82, 2.24) is 70.8 Å². The number of nitrogens with zero attached hydrogens (tertiary/aromatic N) is 8. The highest BCUT2D eigenvalue weighted by molar-refractivity contribution is 7.89. The van der Waals surface area contributed by atoms with Crippen LogP contribution in [-0.4, -0.2) is 229 Å². The number of sulfonamides is 1. The summed E-state index contributed by atoms with van der Waals surface area (Å²) in [5.74, 6) is -3.71. The highest BCUT2D eigenvalue weighted by Crippen LogP contribution is 2.50. The van der Waals surface area contributed by atoms with Gasteiger partial charge in [-0.3, -0.25) is 33.7 Å². The van der Waals surface area contributed by atoms with E-state index in [2.05, 4.69) is 42.5 Å². The van der Waals surface area contributed by atoms with Gasteiger partial charge in [-0.15, -0.1) is 22.7 Å². The van der Waals surface area contributed by atoms with Crippen molar-refractivity contribution in [1.29, 1.82) is 0 Å². The summed E-state index contributed by atoms with van der Waals surface area (Å²) in [6, 6.07) is 21.1. The molecule has 2 aliphatic carbocycles. The van der Waals surface area contributed by atoms with E-state index in [0.717, 1.165) is 66.5 Å². The fraction of sp³-hybridized carbons (Fsp3) is 0.526. The summed E-state index contributed by atoms with van der Waals surface area (Å²) >= 11 is 2.90. The van der Waals surface area contributed by atoms with Crippen LogP contribution in [0.15, 0.2) is 113 Å². The second-order valence-corrected chi connectivity index (χ2v) is 42.9. The van der Waals surface area contributed by atoms with E-state index < -0.39 is 140 Å². The maximum Gasteiger partial charge on any atom is 0.329 e. The van der Waals surface area contributed by atoms with E-state index in [0.29, 0.717) is 123 Å². The van der Waals surface area contributed by atoms with Crippen LogP contribution in [-0.2, 0) is 45.3 Å². The molecule has 10 N–H and O–H groups in total. The quantitative estimate of drug-likeness (QED) is 0.0282. The number of carboxylic acids is 2. The first kappa shape index (κ1) is 96.7. The molecule has 10 amide bonds. The minimum atomic E-state index is -3.79. The molecule has 12 atom stereocenters. The lowest BCUT2D eigenvalue weighted by Crippen LogP contribution is -2.59. The average Bonchev–Trinajstić information content (AvgIpc) is 1.58. The van der Waals surface area contributed by atoms with Crippen LogP contribution in [0.1, 0.15) is 211 Å². The molecule has 134 heavy (non-hydrogen) atoms. The first-order valence-corrected chi connectivity index (χ1v) is 49.7. The molecule has 34 nitrogen and oxygen atoms in total. The minimum Gasteiger partial charge on any atom is -0.497 e. The van der Waals surface area contributed by atoms with Crippen molar-refractivity contribution in [3.63, 3.8) is 0 Å². The third-order valence-electron chi connectivity index (χ3n) is 26.8. The molecule has 6 aliphatic heterocycles. The van der Waals surface area contributed by atoms with Gasteiger partial charge in [0.1, 0.15) is 81.8 Å². The molecule has 4 saturated heterocycles. The van der Waals surface area contributed by atoms with Crippen LogP contribution in [0.25, 0.3) is 44.6 Å². The summed E-state index contributed by atoms with van der Waals surface area (Å²) in [4.78, 5) is 163. The Hall–Kier alpha value is -11.8. The number of hydrogen-bond acceptors (Lipinski definition) is 24. The molecule has 0 spiro atoms. The van der Waals surface area contributed by atoms with Gasteiger partial charge in [-0.25, -0.2) is 47.5 Å². The van der Waals surface area contributed by atoms with Gasteiger partial charge < -0.3 is 81.5 Å². The first-order chi connectivity index (χ1) is 63.8. The van der Waals surface area contributed by atoms with E-state index in [1.165, 1.54) is 36.8 Å². The van der Waals surface area contributed by atoms with E-state index in [1.54, 1.807) is 99.1 Å². The highest BCUT2D eigenvalue weighted by atomic mass is 32.2. The summed E-state index contributed by atoms with van der Waals surface area (Å²) in [6.45, 7) is 19.5. The molecule has 4 aromatic carbocycles. The molecule has 716 valence electrons.